The third-order valence-electron chi connectivity index (χ3n) is 6.50. The van der Waals surface area contributed by atoms with Crippen molar-refractivity contribution in [2.75, 3.05) is 7.11 Å². The maximum atomic E-state index is 11.6. The summed E-state index contributed by atoms with van der Waals surface area (Å²) in [6.45, 7) is 0. The first kappa shape index (κ1) is 12.8. The number of hydrogen-bond acceptors (Lipinski definition) is 4. The molecule has 6 rings (SSSR count). The molecule has 4 aliphatic carbocycles. The summed E-state index contributed by atoms with van der Waals surface area (Å²) in [7, 11) is 1.54. The van der Waals surface area contributed by atoms with Gasteiger partial charge in [0.25, 0.3) is 0 Å². The van der Waals surface area contributed by atoms with Gasteiger partial charge in [-0.2, -0.15) is 0 Å². The summed E-state index contributed by atoms with van der Waals surface area (Å²) < 4.78 is 11.1. The molecule has 0 unspecified atom stereocenters. The molecule has 4 saturated carbocycles. The van der Waals surface area contributed by atoms with Gasteiger partial charge in [0.2, 0.25) is 11.5 Å². The van der Waals surface area contributed by atoms with Gasteiger partial charge in [-0.05, 0) is 61.7 Å². The van der Waals surface area contributed by atoms with E-state index in [2.05, 4.69) is 0 Å². The number of aromatic hydroxyl groups is 1. The van der Waals surface area contributed by atoms with Gasteiger partial charge in [0.15, 0.2) is 17.5 Å². The predicted octanol–water partition coefficient (Wildman–Crippen LogP) is 3.94. The number of phenols is 1. The van der Waals surface area contributed by atoms with Crippen molar-refractivity contribution in [3.8, 4) is 11.5 Å². The Balaban J connectivity index is 1.68. The summed E-state index contributed by atoms with van der Waals surface area (Å²) >= 11 is 0. The number of phenolic OH excluding ortho intramolecular Hbond substituents is 1. The number of benzene rings is 1. The van der Waals surface area contributed by atoms with Crippen LogP contribution in [0.4, 0.5) is 0 Å². The van der Waals surface area contributed by atoms with Crippen molar-refractivity contribution in [2.24, 2.45) is 23.7 Å². The van der Waals surface area contributed by atoms with Crippen LogP contribution in [0.5, 0.6) is 11.5 Å². The van der Waals surface area contributed by atoms with Crippen molar-refractivity contribution in [1.29, 1.82) is 0 Å². The molecule has 0 radical (unpaired) electrons. The fourth-order valence-electron chi connectivity index (χ4n) is 6.05. The monoisotopic (exact) mass is 300 g/mol. The third kappa shape index (κ3) is 1.41. The molecule has 116 valence electrons. The molecule has 4 fully saturated rings. The molecule has 4 heteroatoms. The SMILES string of the molecule is COc1c(O)c2oc1c(C1C3CC4CC(C3)CC1C4)c2C=O. The summed E-state index contributed by atoms with van der Waals surface area (Å²) in [4.78, 5) is 11.6. The molecule has 4 aliphatic rings. The number of aldehydes is 1. The summed E-state index contributed by atoms with van der Waals surface area (Å²) in [6.07, 6.45) is 7.41. The Labute approximate surface area is 128 Å². The van der Waals surface area contributed by atoms with Gasteiger partial charge in [0.05, 0.1) is 12.7 Å². The molecular weight excluding hydrogens is 280 g/mol. The lowest BCUT2D eigenvalue weighted by Gasteiger charge is -2.54. The van der Waals surface area contributed by atoms with Crippen molar-refractivity contribution >= 4 is 17.5 Å². The Morgan fingerprint density at radius 3 is 2.27 bits per heavy atom. The minimum absolute atomic E-state index is 0.0211. The molecule has 2 aromatic rings. The highest BCUT2D eigenvalue weighted by atomic mass is 16.5. The summed E-state index contributed by atoms with van der Waals surface area (Å²) in [6, 6.07) is 0. The predicted molar refractivity (Wildman–Crippen MR) is 80.8 cm³/mol. The number of ether oxygens (including phenoxy) is 1. The average Bonchev–Trinajstić information content (AvgIpc) is 3.01. The van der Waals surface area contributed by atoms with E-state index >= 15 is 0 Å². The molecule has 0 amide bonds. The summed E-state index contributed by atoms with van der Waals surface area (Å²) in [5.74, 6) is 3.90. The van der Waals surface area contributed by atoms with E-state index in [0.717, 1.165) is 23.7 Å². The second kappa shape index (κ2) is 4.18. The van der Waals surface area contributed by atoms with Gasteiger partial charge in [0, 0.05) is 5.56 Å². The molecule has 0 aliphatic heterocycles. The van der Waals surface area contributed by atoms with Crippen LogP contribution >= 0.6 is 0 Å². The number of hydrogen-bond donors (Lipinski definition) is 1. The van der Waals surface area contributed by atoms with Crippen LogP contribution in [0.25, 0.3) is 11.2 Å². The Bertz CT molecular complexity index is 716. The van der Waals surface area contributed by atoms with Crippen LogP contribution < -0.4 is 4.74 Å². The van der Waals surface area contributed by atoms with Crippen LogP contribution in [0.1, 0.15) is 53.9 Å². The summed E-state index contributed by atoms with van der Waals surface area (Å²) in [5.41, 5.74) is 2.50. The molecule has 0 saturated heterocycles. The molecular formula is C18H20O4. The van der Waals surface area contributed by atoms with E-state index in [4.69, 9.17) is 9.15 Å². The second-order valence-corrected chi connectivity index (χ2v) is 7.54. The fraction of sp³-hybridized carbons (Fsp3) is 0.611. The van der Waals surface area contributed by atoms with Crippen molar-refractivity contribution in [1.82, 2.24) is 0 Å². The van der Waals surface area contributed by atoms with E-state index in [1.807, 2.05) is 0 Å². The Morgan fingerprint density at radius 1 is 1.09 bits per heavy atom. The van der Waals surface area contributed by atoms with E-state index in [-0.39, 0.29) is 5.75 Å². The molecule has 4 nitrogen and oxygen atoms in total. The quantitative estimate of drug-likeness (QED) is 0.872. The topological polar surface area (TPSA) is 59.7 Å². The second-order valence-electron chi connectivity index (χ2n) is 7.54. The molecule has 6 bridgehead atoms. The molecule has 2 aromatic heterocycles. The van der Waals surface area contributed by atoms with Crippen molar-refractivity contribution in [2.45, 2.75) is 38.0 Å². The van der Waals surface area contributed by atoms with E-state index in [1.54, 1.807) is 0 Å². The van der Waals surface area contributed by atoms with E-state index in [0.29, 0.717) is 40.2 Å². The van der Waals surface area contributed by atoms with Gasteiger partial charge in [-0.1, -0.05) is 0 Å². The van der Waals surface area contributed by atoms with E-state index < -0.39 is 0 Å². The number of rotatable bonds is 3. The fourth-order valence-corrected chi connectivity index (χ4v) is 6.05. The van der Waals surface area contributed by atoms with Gasteiger partial charge < -0.3 is 14.3 Å². The zero-order valence-corrected chi connectivity index (χ0v) is 12.7. The lowest BCUT2D eigenvalue weighted by Crippen LogP contribution is -2.44. The van der Waals surface area contributed by atoms with Crippen LogP contribution in [0.3, 0.4) is 0 Å². The van der Waals surface area contributed by atoms with Crippen molar-refractivity contribution in [3.05, 3.63) is 11.1 Å². The maximum absolute atomic E-state index is 11.6. The Morgan fingerprint density at radius 2 is 1.73 bits per heavy atom. The van der Waals surface area contributed by atoms with Gasteiger partial charge in [-0.3, -0.25) is 4.79 Å². The molecule has 0 aromatic carbocycles. The van der Waals surface area contributed by atoms with Gasteiger partial charge in [-0.25, -0.2) is 0 Å². The number of carbonyl (C=O) groups excluding carboxylic acids is 1. The normalized spacial score (nSPS) is 36.3. The Kier molecular flexibility index (Phi) is 2.43. The molecule has 1 N–H and O–H groups in total. The van der Waals surface area contributed by atoms with Gasteiger partial charge >= 0.3 is 0 Å². The molecule has 0 spiro atoms. The molecule has 0 atom stereocenters. The first-order valence-electron chi connectivity index (χ1n) is 8.31. The zero-order valence-electron chi connectivity index (χ0n) is 12.7. The number of fused-ring (bicyclic) bond motifs is 2. The lowest BCUT2D eigenvalue weighted by atomic mass is 9.50. The van der Waals surface area contributed by atoms with Crippen molar-refractivity contribution < 1.29 is 19.1 Å². The van der Waals surface area contributed by atoms with Crippen LogP contribution in [0, 0.1) is 23.7 Å². The minimum Gasteiger partial charge on any atom is -0.502 e. The smallest absolute Gasteiger partial charge is 0.208 e. The minimum atomic E-state index is -0.0211. The molecule has 22 heavy (non-hydrogen) atoms. The van der Waals surface area contributed by atoms with Crippen LogP contribution in [-0.2, 0) is 0 Å². The largest absolute Gasteiger partial charge is 0.502 e. The first-order chi connectivity index (χ1) is 10.7. The number of methoxy groups -OCH3 is 1. The number of carbonyl (C=O) groups is 1. The van der Waals surface area contributed by atoms with Gasteiger partial charge in [-0.15, -0.1) is 0 Å². The van der Waals surface area contributed by atoms with Gasteiger partial charge in [0.1, 0.15) is 0 Å². The standard InChI is InChI=1S/C18H20O4/c1-21-18-15(20)16-12(7-19)14(17(18)22-16)13-10-3-8-2-9(5-10)6-11(13)4-8/h7-11,13,20H,2-6H2,1H3. The maximum Gasteiger partial charge on any atom is 0.208 e. The first-order valence-corrected chi connectivity index (χ1v) is 8.31. The molecule has 2 heterocycles. The summed E-state index contributed by atoms with van der Waals surface area (Å²) in [5, 5.41) is 10.1. The Hall–Kier alpha value is -1.71. The van der Waals surface area contributed by atoms with Crippen LogP contribution in [-0.4, -0.2) is 18.5 Å². The highest BCUT2D eigenvalue weighted by Crippen LogP contribution is 2.62. The average molecular weight is 300 g/mol. The zero-order chi connectivity index (χ0) is 15.0. The highest BCUT2D eigenvalue weighted by molar-refractivity contribution is 6.00. The van der Waals surface area contributed by atoms with Crippen molar-refractivity contribution in [3.63, 3.8) is 0 Å². The van der Waals surface area contributed by atoms with Crippen LogP contribution in [0.15, 0.2) is 4.42 Å². The third-order valence-corrected chi connectivity index (χ3v) is 6.50. The lowest BCUT2D eigenvalue weighted by molar-refractivity contribution is -0.00256. The van der Waals surface area contributed by atoms with E-state index in [9.17, 15) is 9.90 Å². The van der Waals surface area contributed by atoms with E-state index in [1.165, 1.54) is 39.2 Å². The highest BCUT2D eigenvalue weighted by Gasteiger charge is 2.51. The van der Waals surface area contributed by atoms with Crippen LogP contribution in [0.2, 0.25) is 0 Å². The number of furan rings is 2.